The van der Waals surface area contributed by atoms with Gasteiger partial charge in [-0.3, -0.25) is 4.79 Å². The quantitative estimate of drug-likeness (QED) is 0.816. The highest BCUT2D eigenvalue weighted by Crippen LogP contribution is 2.40. The Morgan fingerprint density at radius 1 is 1.30 bits per heavy atom. The highest BCUT2D eigenvalue weighted by atomic mass is 32.2. The number of sulfonamides is 1. The Labute approximate surface area is 159 Å². The Morgan fingerprint density at radius 3 is 2.85 bits per heavy atom. The summed E-state index contributed by atoms with van der Waals surface area (Å²) in [5.41, 5.74) is 2.04. The second kappa shape index (κ2) is 7.24. The van der Waals surface area contributed by atoms with Crippen LogP contribution >= 0.6 is 0 Å². The molecular formula is C19H25N3O4S. The monoisotopic (exact) mass is 391 g/mol. The van der Waals surface area contributed by atoms with Crippen LogP contribution < -0.4 is 5.32 Å². The highest BCUT2D eigenvalue weighted by molar-refractivity contribution is 7.89. The number of oxazole rings is 1. The molecule has 1 aliphatic carbocycles. The number of anilines is 1. The second-order valence-electron chi connectivity index (χ2n) is 7.44. The fourth-order valence-electron chi connectivity index (χ4n) is 3.63. The predicted molar refractivity (Wildman–Crippen MR) is 103 cm³/mol. The van der Waals surface area contributed by atoms with Crippen molar-refractivity contribution in [2.45, 2.75) is 57.4 Å². The van der Waals surface area contributed by atoms with Gasteiger partial charge in [-0.2, -0.15) is 4.31 Å². The van der Waals surface area contributed by atoms with Crippen molar-refractivity contribution in [1.82, 2.24) is 9.29 Å². The summed E-state index contributed by atoms with van der Waals surface area (Å²) in [5.74, 6) is 0.985. The lowest BCUT2D eigenvalue weighted by molar-refractivity contribution is -0.120. The van der Waals surface area contributed by atoms with E-state index in [0.717, 1.165) is 31.6 Å². The number of fused-ring (bicyclic) bond motifs is 1. The predicted octanol–water partition coefficient (Wildman–Crippen LogP) is 3.24. The molecule has 8 heteroatoms. The fraction of sp³-hybridized carbons (Fsp3) is 0.579. The van der Waals surface area contributed by atoms with E-state index in [1.807, 2.05) is 6.92 Å². The van der Waals surface area contributed by atoms with Crippen molar-refractivity contribution in [2.75, 3.05) is 17.6 Å². The molecule has 0 bridgehead atoms. The first kappa shape index (κ1) is 18.4. The van der Waals surface area contributed by atoms with E-state index < -0.39 is 16.1 Å². The van der Waals surface area contributed by atoms with Gasteiger partial charge in [-0.25, -0.2) is 13.4 Å². The lowest BCUT2D eigenvalue weighted by Crippen LogP contribution is -2.50. The average molecular weight is 391 g/mol. The van der Waals surface area contributed by atoms with Gasteiger partial charge in [0.25, 0.3) is 0 Å². The summed E-state index contributed by atoms with van der Waals surface area (Å²) >= 11 is 0. The van der Waals surface area contributed by atoms with Crippen LogP contribution in [0.15, 0.2) is 22.6 Å². The smallest absolute Gasteiger partial charge is 0.242 e. The molecule has 1 saturated carbocycles. The number of carbonyl (C=O) groups excluding carboxylic acids is 1. The first-order valence-electron chi connectivity index (χ1n) is 9.69. The minimum atomic E-state index is -3.41. The summed E-state index contributed by atoms with van der Waals surface area (Å²) in [7, 11) is -3.41. The molecule has 1 amide bonds. The van der Waals surface area contributed by atoms with Crippen molar-refractivity contribution in [3.63, 3.8) is 0 Å². The number of hydrogen-bond donors (Lipinski definition) is 1. The van der Waals surface area contributed by atoms with Gasteiger partial charge in [0.05, 0.1) is 5.75 Å². The minimum absolute atomic E-state index is 0.0750. The van der Waals surface area contributed by atoms with Crippen LogP contribution in [0.4, 0.5) is 5.69 Å². The van der Waals surface area contributed by atoms with Gasteiger partial charge in [0.2, 0.25) is 15.9 Å². The average Bonchev–Trinajstić information content (AvgIpc) is 3.41. The Hall–Kier alpha value is -1.93. The third-order valence-electron chi connectivity index (χ3n) is 5.17. The molecule has 2 heterocycles. The van der Waals surface area contributed by atoms with Gasteiger partial charge in [-0.1, -0.05) is 13.3 Å². The summed E-state index contributed by atoms with van der Waals surface area (Å²) in [4.78, 5) is 17.3. The van der Waals surface area contributed by atoms with Gasteiger partial charge in [-0.15, -0.1) is 0 Å². The maximum absolute atomic E-state index is 12.8. The number of rotatable bonds is 6. The van der Waals surface area contributed by atoms with Gasteiger partial charge < -0.3 is 9.73 Å². The summed E-state index contributed by atoms with van der Waals surface area (Å²) < 4.78 is 32.2. The van der Waals surface area contributed by atoms with Crippen LogP contribution in [0.5, 0.6) is 0 Å². The molecule has 7 nitrogen and oxygen atoms in total. The number of hydrogen-bond acceptors (Lipinski definition) is 5. The maximum atomic E-state index is 12.8. The second-order valence-corrected chi connectivity index (χ2v) is 9.48. The molecule has 1 aromatic heterocycles. The largest absolute Gasteiger partial charge is 0.440 e. The number of aromatic nitrogens is 1. The Balaban J connectivity index is 1.52. The number of carbonyl (C=O) groups is 1. The first-order valence-corrected chi connectivity index (χ1v) is 11.3. The zero-order valence-electron chi connectivity index (χ0n) is 15.5. The van der Waals surface area contributed by atoms with Crippen molar-refractivity contribution in [2.24, 2.45) is 0 Å². The molecule has 0 radical (unpaired) electrons. The standard InChI is InChI=1S/C19H25N3O4S/c1-2-11-27(24,25)22-10-4-3-5-16(22)18(23)20-14-8-9-17-15(12-14)21-19(26-17)13-6-7-13/h8-9,12-13,16H,2-7,10-11H2,1H3,(H,20,23). The molecule has 2 aromatic rings. The molecule has 1 saturated heterocycles. The summed E-state index contributed by atoms with van der Waals surface area (Å²) in [5, 5.41) is 2.88. The summed E-state index contributed by atoms with van der Waals surface area (Å²) in [6.45, 7) is 2.24. The number of amides is 1. The number of benzene rings is 1. The molecule has 27 heavy (non-hydrogen) atoms. The van der Waals surface area contributed by atoms with Crippen LogP contribution in [0.2, 0.25) is 0 Å². The molecule has 2 aliphatic rings. The van der Waals surface area contributed by atoms with Crippen molar-refractivity contribution in [3.05, 3.63) is 24.1 Å². The van der Waals surface area contributed by atoms with E-state index in [1.54, 1.807) is 18.2 Å². The Kier molecular flexibility index (Phi) is 4.94. The molecule has 1 atom stereocenters. The molecule has 2 fully saturated rings. The third kappa shape index (κ3) is 3.87. The molecule has 1 aliphatic heterocycles. The van der Waals surface area contributed by atoms with Crippen LogP contribution in [0, 0.1) is 0 Å². The van der Waals surface area contributed by atoms with Crippen LogP contribution in [0.25, 0.3) is 11.1 Å². The topological polar surface area (TPSA) is 92.5 Å². The van der Waals surface area contributed by atoms with Crippen molar-refractivity contribution >= 4 is 32.7 Å². The number of nitrogens with zero attached hydrogens (tertiary/aromatic N) is 2. The Bertz CT molecular complexity index is 949. The summed E-state index contributed by atoms with van der Waals surface area (Å²) in [6, 6.07) is 4.72. The zero-order valence-corrected chi connectivity index (χ0v) is 16.3. The van der Waals surface area contributed by atoms with Crippen LogP contribution in [0.1, 0.15) is 57.3 Å². The highest BCUT2D eigenvalue weighted by Gasteiger charge is 2.36. The lowest BCUT2D eigenvalue weighted by Gasteiger charge is -2.33. The van der Waals surface area contributed by atoms with Gasteiger partial charge in [-0.05, 0) is 50.3 Å². The van der Waals surface area contributed by atoms with E-state index in [2.05, 4.69) is 10.3 Å². The van der Waals surface area contributed by atoms with Crippen LogP contribution in [-0.2, 0) is 14.8 Å². The molecule has 146 valence electrons. The lowest BCUT2D eigenvalue weighted by atomic mass is 10.0. The van der Waals surface area contributed by atoms with Gasteiger partial charge in [0.1, 0.15) is 11.6 Å². The third-order valence-corrected chi connectivity index (χ3v) is 7.25. The summed E-state index contributed by atoms with van der Waals surface area (Å²) in [6.07, 6.45) is 4.96. The SMILES string of the molecule is CCCS(=O)(=O)N1CCCCC1C(=O)Nc1ccc2oc(C3CC3)nc2c1. The van der Waals surface area contributed by atoms with Crippen molar-refractivity contribution in [3.8, 4) is 0 Å². The van der Waals surface area contributed by atoms with Crippen molar-refractivity contribution in [1.29, 1.82) is 0 Å². The first-order chi connectivity index (χ1) is 13.0. The van der Waals surface area contributed by atoms with Crippen LogP contribution in [0.3, 0.4) is 0 Å². The van der Waals surface area contributed by atoms with Gasteiger partial charge in [0.15, 0.2) is 11.5 Å². The molecule has 1 unspecified atom stereocenters. The van der Waals surface area contributed by atoms with Crippen LogP contribution in [-0.4, -0.2) is 42.0 Å². The number of nitrogens with one attached hydrogen (secondary N) is 1. The van der Waals surface area contributed by atoms with E-state index in [9.17, 15) is 13.2 Å². The molecule has 4 rings (SSSR count). The van der Waals surface area contributed by atoms with Gasteiger partial charge >= 0.3 is 0 Å². The van der Waals surface area contributed by atoms with E-state index in [4.69, 9.17) is 4.42 Å². The maximum Gasteiger partial charge on any atom is 0.242 e. The molecule has 0 spiro atoms. The van der Waals surface area contributed by atoms with Gasteiger partial charge in [0, 0.05) is 18.2 Å². The van der Waals surface area contributed by atoms with Crippen molar-refractivity contribution < 1.29 is 17.6 Å². The fourth-order valence-corrected chi connectivity index (χ4v) is 5.38. The molecule has 1 N–H and O–H groups in total. The molecule has 1 aromatic carbocycles. The molecular weight excluding hydrogens is 366 g/mol. The van der Waals surface area contributed by atoms with E-state index in [0.29, 0.717) is 42.1 Å². The normalized spacial score (nSPS) is 21.4. The van der Waals surface area contributed by atoms with E-state index in [1.165, 1.54) is 4.31 Å². The van der Waals surface area contributed by atoms with E-state index >= 15 is 0 Å². The zero-order chi connectivity index (χ0) is 19.0. The number of piperidine rings is 1. The minimum Gasteiger partial charge on any atom is -0.440 e. The van der Waals surface area contributed by atoms with E-state index in [-0.39, 0.29) is 11.7 Å². The Morgan fingerprint density at radius 2 is 2.11 bits per heavy atom.